The number of thioether (sulfide) groups is 1. The minimum absolute atomic E-state index is 0.00404. The third-order valence-corrected chi connectivity index (χ3v) is 12.2. The molecule has 17 heteroatoms. The molecule has 0 fully saturated rings. The number of carbonyl (C=O) groups excluding carboxylic acids is 2. The molecule has 1 aliphatic heterocycles. The number of aryl methyl sites for hydroxylation is 1. The van der Waals surface area contributed by atoms with Gasteiger partial charge in [-0.2, -0.15) is 20.8 Å². The monoisotopic (exact) mass is 952 g/mol. The maximum absolute atomic E-state index is 12.5. The standard InChI is InChI=1S/C50H73N5O11S/c1-5-7-9-11-13-15-17-19-40(49(58)59)34-46(56)65-31-29-63-26-24-55(42-21-22-44(38(3)33-42)53-54-48-43(36-51)39(4)45(37-52)67-48)23-25-62-27-28-64-30-32-66-47(57)35-41(50(60)61)20-18-16-14-12-10-8-6-2/h15-18,21-22,33,40-41,43,48H,5-14,19-20,23-32,34-35H2,1-4H3,(H,58,59)(H,60,61)/b17-15+,18-16+,54-53?. The highest BCUT2D eigenvalue weighted by Gasteiger charge is 2.34. The molecule has 1 heterocycles. The molecule has 370 valence electrons. The number of aliphatic carboxylic acids is 2. The van der Waals surface area contributed by atoms with E-state index >= 15 is 0 Å². The summed E-state index contributed by atoms with van der Waals surface area (Å²) < 4.78 is 27.7. The third kappa shape index (κ3) is 25.0. The number of carbonyl (C=O) groups is 4. The number of azo groups is 1. The maximum atomic E-state index is 12.5. The first-order valence-electron chi connectivity index (χ1n) is 23.7. The van der Waals surface area contributed by atoms with Gasteiger partial charge < -0.3 is 38.8 Å². The van der Waals surface area contributed by atoms with E-state index in [-0.39, 0.29) is 71.9 Å². The Hall–Kier alpha value is -5.07. The van der Waals surface area contributed by atoms with E-state index in [0.29, 0.717) is 35.9 Å². The maximum Gasteiger partial charge on any atom is 0.307 e. The summed E-state index contributed by atoms with van der Waals surface area (Å²) >= 11 is 1.23. The zero-order chi connectivity index (χ0) is 49.1. The van der Waals surface area contributed by atoms with Crippen LogP contribution in [0.3, 0.4) is 0 Å². The number of ether oxygens (including phenoxy) is 5. The number of allylic oxidation sites excluding steroid dienone is 5. The molecule has 0 aliphatic carbocycles. The zero-order valence-corrected chi connectivity index (χ0v) is 40.9. The highest BCUT2D eigenvalue weighted by Crippen LogP contribution is 2.42. The van der Waals surface area contributed by atoms with Crippen LogP contribution in [0.1, 0.15) is 116 Å². The highest BCUT2D eigenvalue weighted by molar-refractivity contribution is 8.04. The second-order valence-corrected chi connectivity index (χ2v) is 17.4. The summed E-state index contributed by atoms with van der Waals surface area (Å²) in [5, 5.41) is 46.6. The number of carboxylic acid groups (broad SMARTS) is 2. The summed E-state index contributed by atoms with van der Waals surface area (Å²) in [5.74, 6) is -5.48. The molecular weight excluding hydrogens is 879 g/mol. The zero-order valence-electron chi connectivity index (χ0n) is 40.0. The summed E-state index contributed by atoms with van der Waals surface area (Å²) in [6.07, 6.45) is 18.6. The van der Waals surface area contributed by atoms with E-state index in [2.05, 4.69) is 41.1 Å². The van der Waals surface area contributed by atoms with Crippen molar-refractivity contribution in [1.29, 1.82) is 10.5 Å². The first-order chi connectivity index (χ1) is 32.4. The van der Waals surface area contributed by atoms with Crippen molar-refractivity contribution in [3.63, 3.8) is 0 Å². The van der Waals surface area contributed by atoms with E-state index in [1.54, 1.807) is 6.92 Å². The number of nitriles is 2. The van der Waals surface area contributed by atoms with Crippen LogP contribution in [0.4, 0.5) is 11.4 Å². The lowest BCUT2D eigenvalue weighted by Gasteiger charge is -2.25. The lowest BCUT2D eigenvalue weighted by Crippen LogP contribution is -2.31. The normalized spacial score (nSPS) is 15.8. The van der Waals surface area contributed by atoms with E-state index in [9.17, 15) is 39.9 Å². The van der Waals surface area contributed by atoms with Crippen LogP contribution in [0.15, 0.2) is 63.2 Å². The number of nitrogens with zero attached hydrogens (tertiary/aromatic N) is 5. The Bertz CT molecular complexity index is 1860. The fourth-order valence-electron chi connectivity index (χ4n) is 6.84. The molecule has 1 aromatic rings. The van der Waals surface area contributed by atoms with Crippen LogP contribution in [0.5, 0.6) is 0 Å². The molecule has 16 nitrogen and oxygen atoms in total. The van der Waals surface area contributed by atoms with E-state index in [1.807, 2.05) is 49.4 Å². The molecule has 0 amide bonds. The molecule has 4 atom stereocenters. The molecule has 2 N–H and O–H groups in total. The predicted octanol–water partition coefficient (Wildman–Crippen LogP) is 10.0. The number of unbranched alkanes of at least 4 members (excludes halogenated alkanes) is 8. The molecule has 0 radical (unpaired) electrons. The van der Waals surface area contributed by atoms with Crippen molar-refractivity contribution < 1.29 is 53.1 Å². The fraction of sp³-hybridized carbons (Fsp3) is 0.640. The Morgan fingerprint density at radius 1 is 0.731 bits per heavy atom. The lowest BCUT2D eigenvalue weighted by atomic mass is 10.0. The van der Waals surface area contributed by atoms with Gasteiger partial charge in [-0.1, -0.05) is 88.4 Å². The van der Waals surface area contributed by atoms with Crippen LogP contribution in [-0.4, -0.2) is 105 Å². The van der Waals surface area contributed by atoms with Crippen molar-refractivity contribution in [2.75, 3.05) is 70.8 Å². The van der Waals surface area contributed by atoms with Gasteiger partial charge in [-0.15, -0.1) is 0 Å². The average Bonchev–Trinajstić information content (AvgIpc) is 3.62. The van der Waals surface area contributed by atoms with E-state index in [4.69, 9.17) is 23.7 Å². The summed E-state index contributed by atoms with van der Waals surface area (Å²) in [5.41, 5.74) is 3.01. The smallest absolute Gasteiger partial charge is 0.307 e. The SMILES string of the molecule is CCCCCC/C=C/CC(CC(=O)OCCOCCOCCN(CCOCCOC(=O)CC(C/C=C/CCCCCC)C(=O)O)c1ccc(N=NC2SC(C#N)=C(C)C2C#N)c(C)c1)C(=O)O. The Morgan fingerprint density at radius 2 is 1.24 bits per heavy atom. The van der Waals surface area contributed by atoms with Gasteiger partial charge in [0.15, 0.2) is 0 Å². The van der Waals surface area contributed by atoms with Crippen LogP contribution in [0.25, 0.3) is 0 Å². The Morgan fingerprint density at radius 3 is 1.70 bits per heavy atom. The van der Waals surface area contributed by atoms with E-state index in [0.717, 1.165) is 62.6 Å². The molecule has 0 bridgehead atoms. The topological polar surface area (TPSA) is 230 Å². The summed E-state index contributed by atoms with van der Waals surface area (Å²) in [7, 11) is 0. The molecule has 0 saturated heterocycles. The van der Waals surface area contributed by atoms with Crippen LogP contribution in [-0.2, 0) is 42.9 Å². The van der Waals surface area contributed by atoms with Gasteiger partial charge in [0.1, 0.15) is 30.6 Å². The molecule has 0 saturated carbocycles. The van der Waals surface area contributed by atoms with Crippen LogP contribution in [0.2, 0.25) is 0 Å². The molecule has 4 unspecified atom stereocenters. The molecule has 0 aromatic heterocycles. The minimum Gasteiger partial charge on any atom is -0.481 e. The van der Waals surface area contributed by atoms with Gasteiger partial charge in [-0.3, -0.25) is 19.2 Å². The fourth-order valence-corrected chi connectivity index (χ4v) is 7.94. The largest absolute Gasteiger partial charge is 0.481 e. The number of benzene rings is 1. The second kappa shape index (κ2) is 36.0. The molecular formula is C50H73N5O11S. The number of hydrogen-bond donors (Lipinski definition) is 2. The summed E-state index contributed by atoms with van der Waals surface area (Å²) in [6.45, 7) is 10.3. The molecule has 0 spiro atoms. The number of rotatable bonds is 38. The molecule has 2 rings (SSSR count). The number of anilines is 1. The molecule has 1 aromatic carbocycles. The van der Waals surface area contributed by atoms with Crippen LogP contribution >= 0.6 is 11.8 Å². The third-order valence-electron chi connectivity index (χ3n) is 10.9. The van der Waals surface area contributed by atoms with Crippen molar-refractivity contribution in [1.82, 2.24) is 0 Å². The first-order valence-corrected chi connectivity index (χ1v) is 24.6. The van der Waals surface area contributed by atoms with Crippen molar-refractivity contribution in [2.24, 2.45) is 28.0 Å². The van der Waals surface area contributed by atoms with Gasteiger partial charge >= 0.3 is 23.9 Å². The highest BCUT2D eigenvalue weighted by atomic mass is 32.2. The number of hydrogen-bond acceptors (Lipinski definition) is 15. The van der Waals surface area contributed by atoms with Gasteiger partial charge in [0.05, 0.1) is 81.0 Å². The Kier molecular flexibility index (Phi) is 31.2. The van der Waals surface area contributed by atoms with Crippen molar-refractivity contribution in [2.45, 2.75) is 123 Å². The predicted molar refractivity (Wildman–Crippen MR) is 258 cm³/mol. The number of carboxylic acids is 2. The van der Waals surface area contributed by atoms with Crippen LogP contribution in [0, 0.1) is 47.3 Å². The number of esters is 2. The molecule has 67 heavy (non-hydrogen) atoms. The Labute approximate surface area is 401 Å². The Balaban J connectivity index is 1.87. The van der Waals surface area contributed by atoms with Gasteiger partial charge in [0.25, 0.3) is 0 Å². The van der Waals surface area contributed by atoms with Crippen molar-refractivity contribution in [3.05, 3.63) is 58.5 Å². The summed E-state index contributed by atoms with van der Waals surface area (Å²) in [6, 6.07) is 10.0. The van der Waals surface area contributed by atoms with Gasteiger partial charge in [-0.25, -0.2) is 0 Å². The van der Waals surface area contributed by atoms with Gasteiger partial charge in [0.2, 0.25) is 0 Å². The van der Waals surface area contributed by atoms with Crippen molar-refractivity contribution >= 4 is 47.0 Å². The summed E-state index contributed by atoms with van der Waals surface area (Å²) in [4.78, 5) is 50.7. The van der Waals surface area contributed by atoms with E-state index < -0.39 is 47.0 Å². The minimum atomic E-state index is -1.04. The van der Waals surface area contributed by atoms with Crippen molar-refractivity contribution in [3.8, 4) is 12.1 Å². The average molecular weight is 952 g/mol. The van der Waals surface area contributed by atoms with Gasteiger partial charge in [-0.05, 0) is 81.7 Å². The second-order valence-electron chi connectivity index (χ2n) is 16.3. The molecule has 1 aliphatic rings. The lowest BCUT2D eigenvalue weighted by molar-refractivity contribution is -0.152. The van der Waals surface area contributed by atoms with E-state index in [1.165, 1.54) is 24.6 Å². The quantitative estimate of drug-likeness (QED) is 0.0272. The van der Waals surface area contributed by atoms with Crippen LogP contribution < -0.4 is 4.90 Å². The first kappa shape index (κ1) is 58.1. The van der Waals surface area contributed by atoms with Gasteiger partial charge in [0, 0.05) is 18.8 Å².